The molecule has 10 nitrogen and oxygen atoms in total. The molecule has 160 valence electrons. The number of nitrogens with zero attached hydrogens (tertiary/aromatic N) is 1. The molecule has 0 radical (unpaired) electrons. The fraction of sp³-hybridized carbons (Fsp3) is 0.526. The van der Waals surface area contributed by atoms with E-state index in [1.807, 2.05) is 0 Å². The smallest absolute Gasteiger partial charge is 0.328 e. The molecular formula is C19H26N2O8. The van der Waals surface area contributed by atoms with E-state index in [1.165, 1.54) is 40.4 Å². The van der Waals surface area contributed by atoms with Crippen LogP contribution in [0.3, 0.4) is 0 Å². The van der Waals surface area contributed by atoms with Crippen molar-refractivity contribution in [1.82, 2.24) is 10.2 Å². The zero-order chi connectivity index (χ0) is 21.4. The Hall–Kier alpha value is -3.01. The minimum atomic E-state index is -0.959. The van der Waals surface area contributed by atoms with Crippen LogP contribution in [-0.2, 0) is 19.1 Å². The average Bonchev–Trinajstić information content (AvgIpc) is 2.76. The first-order valence-electron chi connectivity index (χ1n) is 9.04. The SMILES string of the molecule is COc1cc(C(=O)N[C@@H](C)C(=O)OCC(=O)N2CCOCC2)cc(OC)c1OC. The molecule has 1 aliphatic rings. The Bertz CT molecular complexity index is 721. The first-order chi connectivity index (χ1) is 13.9. The van der Waals surface area contributed by atoms with Gasteiger partial charge in [0, 0.05) is 18.7 Å². The largest absolute Gasteiger partial charge is 0.493 e. The predicted octanol–water partition coefficient (Wildman–Crippen LogP) is 0.233. The van der Waals surface area contributed by atoms with Gasteiger partial charge in [-0.3, -0.25) is 9.59 Å². The Balaban J connectivity index is 1.95. The molecule has 1 aromatic carbocycles. The zero-order valence-electron chi connectivity index (χ0n) is 17.0. The highest BCUT2D eigenvalue weighted by Crippen LogP contribution is 2.38. The zero-order valence-corrected chi connectivity index (χ0v) is 17.0. The molecule has 0 aliphatic carbocycles. The van der Waals surface area contributed by atoms with Crippen molar-refractivity contribution in [3.8, 4) is 17.2 Å². The van der Waals surface area contributed by atoms with Gasteiger partial charge in [0.15, 0.2) is 18.1 Å². The number of rotatable bonds is 8. The Morgan fingerprint density at radius 3 is 2.17 bits per heavy atom. The first kappa shape index (κ1) is 22.3. The average molecular weight is 410 g/mol. The minimum absolute atomic E-state index is 0.212. The van der Waals surface area contributed by atoms with Crippen LogP contribution in [0.4, 0.5) is 0 Å². The summed E-state index contributed by atoms with van der Waals surface area (Å²) in [7, 11) is 4.32. The summed E-state index contributed by atoms with van der Waals surface area (Å²) in [6, 6.07) is 1.98. The number of carbonyl (C=O) groups excluding carboxylic acids is 3. The van der Waals surface area contributed by atoms with Crippen LogP contribution < -0.4 is 19.5 Å². The molecule has 0 spiro atoms. The van der Waals surface area contributed by atoms with Gasteiger partial charge in [0.25, 0.3) is 11.8 Å². The van der Waals surface area contributed by atoms with Gasteiger partial charge in [-0.2, -0.15) is 0 Å². The first-order valence-corrected chi connectivity index (χ1v) is 9.04. The summed E-state index contributed by atoms with van der Waals surface area (Å²) in [6.45, 7) is 2.93. The second kappa shape index (κ2) is 10.5. The molecule has 0 aromatic heterocycles. The molecule has 2 rings (SSSR count). The van der Waals surface area contributed by atoms with Gasteiger partial charge in [0.2, 0.25) is 5.75 Å². The number of amides is 2. The highest BCUT2D eigenvalue weighted by molar-refractivity contribution is 5.98. The highest BCUT2D eigenvalue weighted by Gasteiger charge is 2.23. The Kier molecular flexibility index (Phi) is 8.08. The number of benzene rings is 1. The topological polar surface area (TPSA) is 113 Å². The molecule has 1 fully saturated rings. The van der Waals surface area contributed by atoms with Crippen LogP contribution in [0.25, 0.3) is 0 Å². The van der Waals surface area contributed by atoms with Gasteiger partial charge in [-0.15, -0.1) is 0 Å². The fourth-order valence-electron chi connectivity index (χ4n) is 2.71. The van der Waals surface area contributed by atoms with Gasteiger partial charge in [0.05, 0.1) is 34.5 Å². The number of methoxy groups -OCH3 is 3. The van der Waals surface area contributed by atoms with E-state index in [1.54, 1.807) is 4.90 Å². The summed E-state index contributed by atoms with van der Waals surface area (Å²) in [5.41, 5.74) is 0.212. The number of hydrogen-bond acceptors (Lipinski definition) is 8. The van der Waals surface area contributed by atoms with Crippen LogP contribution in [0.15, 0.2) is 12.1 Å². The van der Waals surface area contributed by atoms with Gasteiger partial charge in [-0.05, 0) is 19.1 Å². The number of carbonyl (C=O) groups is 3. The molecule has 0 saturated carbocycles. The van der Waals surface area contributed by atoms with Crippen LogP contribution in [0.5, 0.6) is 17.2 Å². The van der Waals surface area contributed by atoms with Crippen molar-refractivity contribution in [2.45, 2.75) is 13.0 Å². The van der Waals surface area contributed by atoms with Crippen molar-refractivity contribution in [2.75, 3.05) is 54.2 Å². The molecule has 0 bridgehead atoms. The quantitative estimate of drug-likeness (QED) is 0.606. The van der Waals surface area contributed by atoms with E-state index >= 15 is 0 Å². The van der Waals surface area contributed by atoms with E-state index in [9.17, 15) is 14.4 Å². The lowest BCUT2D eigenvalue weighted by Crippen LogP contribution is -2.44. The monoisotopic (exact) mass is 410 g/mol. The van der Waals surface area contributed by atoms with Crippen molar-refractivity contribution >= 4 is 17.8 Å². The summed E-state index contributed by atoms with van der Waals surface area (Å²) >= 11 is 0. The number of nitrogens with one attached hydrogen (secondary N) is 1. The minimum Gasteiger partial charge on any atom is -0.493 e. The van der Waals surface area contributed by atoms with Gasteiger partial charge in [-0.1, -0.05) is 0 Å². The van der Waals surface area contributed by atoms with Crippen LogP contribution in [-0.4, -0.2) is 83.0 Å². The van der Waals surface area contributed by atoms with E-state index in [-0.39, 0.29) is 18.1 Å². The molecule has 1 aliphatic heterocycles. The number of esters is 1. The van der Waals surface area contributed by atoms with Crippen molar-refractivity contribution in [3.63, 3.8) is 0 Å². The van der Waals surface area contributed by atoms with E-state index in [2.05, 4.69) is 5.32 Å². The van der Waals surface area contributed by atoms with Gasteiger partial charge >= 0.3 is 5.97 Å². The number of hydrogen-bond donors (Lipinski definition) is 1. The maximum Gasteiger partial charge on any atom is 0.328 e. The maximum atomic E-state index is 12.5. The summed E-state index contributed by atoms with van der Waals surface area (Å²) in [5, 5.41) is 2.53. The normalized spacial score (nSPS) is 14.6. The van der Waals surface area contributed by atoms with Crippen molar-refractivity contribution in [1.29, 1.82) is 0 Å². The summed E-state index contributed by atoms with van der Waals surface area (Å²) < 4.78 is 25.8. The van der Waals surface area contributed by atoms with Crippen LogP contribution in [0.2, 0.25) is 0 Å². The molecule has 1 aromatic rings. The van der Waals surface area contributed by atoms with Crippen LogP contribution in [0.1, 0.15) is 17.3 Å². The van der Waals surface area contributed by atoms with E-state index in [4.69, 9.17) is 23.7 Å². The maximum absolute atomic E-state index is 12.5. The Morgan fingerprint density at radius 1 is 1.07 bits per heavy atom. The van der Waals surface area contributed by atoms with Crippen LogP contribution in [0, 0.1) is 0 Å². The molecule has 0 unspecified atom stereocenters. The highest BCUT2D eigenvalue weighted by atomic mass is 16.5. The van der Waals surface area contributed by atoms with Gasteiger partial charge in [-0.25, -0.2) is 4.79 Å². The molecule has 1 heterocycles. The molecular weight excluding hydrogens is 384 g/mol. The van der Waals surface area contributed by atoms with Crippen molar-refractivity contribution < 1.29 is 38.1 Å². The van der Waals surface area contributed by atoms with Crippen molar-refractivity contribution in [3.05, 3.63) is 17.7 Å². The molecule has 1 saturated heterocycles. The van der Waals surface area contributed by atoms with E-state index in [0.29, 0.717) is 43.6 Å². The molecule has 1 N–H and O–H groups in total. The lowest BCUT2D eigenvalue weighted by molar-refractivity contribution is -0.154. The standard InChI is InChI=1S/C19H26N2O8/c1-12(19(24)29-11-16(22)21-5-7-28-8-6-21)20-18(23)13-9-14(25-2)17(27-4)15(10-13)26-3/h9-10,12H,5-8,11H2,1-4H3,(H,20,23)/t12-/m0/s1. The summed E-state index contributed by atoms with van der Waals surface area (Å²) in [5.74, 6) is -0.585. The van der Waals surface area contributed by atoms with Gasteiger partial charge < -0.3 is 33.9 Å². The predicted molar refractivity (Wildman–Crippen MR) is 101 cm³/mol. The molecule has 1 atom stereocenters. The summed E-state index contributed by atoms with van der Waals surface area (Å²) in [6.07, 6.45) is 0. The lowest BCUT2D eigenvalue weighted by Gasteiger charge is -2.26. The second-order valence-corrected chi connectivity index (χ2v) is 6.21. The van der Waals surface area contributed by atoms with Gasteiger partial charge in [0.1, 0.15) is 6.04 Å². The third-order valence-electron chi connectivity index (χ3n) is 4.33. The fourth-order valence-corrected chi connectivity index (χ4v) is 2.71. The second-order valence-electron chi connectivity index (χ2n) is 6.21. The molecule has 29 heavy (non-hydrogen) atoms. The lowest BCUT2D eigenvalue weighted by atomic mass is 10.1. The Labute approximate surface area is 169 Å². The van der Waals surface area contributed by atoms with Crippen molar-refractivity contribution in [2.24, 2.45) is 0 Å². The van der Waals surface area contributed by atoms with E-state index < -0.39 is 17.9 Å². The molecule has 10 heteroatoms. The number of morpholine rings is 1. The summed E-state index contributed by atoms with van der Waals surface area (Å²) in [4.78, 5) is 38.3. The third-order valence-corrected chi connectivity index (χ3v) is 4.33. The molecule has 2 amide bonds. The third kappa shape index (κ3) is 5.74. The Morgan fingerprint density at radius 2 is 1.66 bits per heavy atom. The van der Waals surface area contributed by atoms with E-state index in [0.717, 1.165) is 0 Å². The van der Waals surface area contributed by atoms with Crippen LogP contribution >= 0.6 is 0 Å². The number of ether oxygens (including phenoxy) is 5.